The fourth-order valence-corrected chi connectivity index (χ4v) is 2.84. The van der Waals surface area contributed by atoms with Crippen molar-refractivity contribution in [2.24, 2.45) is 5.73 Å². The van der Waals surface area contributed by atoms with Gasteiger partial charge in [0.2, 0.25) is 0 Å². The van der Waals surface area contributed by atoms with Crippen LogP contribution in [0.1, 0.15) is 77.6 Å². The molecule has 1 fully saturated rings. The second kappa shape index (κ2) is 9.43. The van der Waals surface area contributed by atoms with Crippen LogP contribution in [0.4, 0.5) is 4.79 Å². The number of unbranched alkanes of at least 4 members (excludes halogenated alkanes) is 9. The number of urea groups is 1. The van der Waals surface area contributed by atoms with E-state index >= 15 is 0 Å². The van der Waals surface area contributed by atoms with Gasteiger partial charge in [0.05, 0.1) is 0 Å². The van der Waals surface area contributed by atoms with Crippen molar-refractivity contribution in [3.05, 3.63) is 0 Å². The second-order valence-electron chi connectivity index (χ2n) is 6.11. The van der Waals surface area contributed by atoms with E-state index in [9.17, 15) is 14.4 Å². The van der Waals surface area contributed by atoms with Gasteiger partial charge in [-0.1, -0.05) is 71.1 Å². The highest BCUT2D eigenvalue weighted by molar-refractivity contribution is 6.19. The first-order valence-corrected chi connectivity index (χ1v) is 8.46. The number of nitrogens with two attached hydrogens (primary N) is 1. The molecule has 126 valence electrons. The van der Waals surface area contributed by atoms with Gasteiger partial charge in [-0.25, -0.2) is 4.79 Å². The molecule has 4 amide bonds. The van der Waals surface area contributed by atoms with Crippen LogP contribution in [-0.4, -0.2) is 23.4 Å². The first-order valence-electron chi connectivity index (χ1n) is 8.46. The predicted octanol–water partition coefficient (Wildman–Crippen LogP) is 2.36. The van der Waals surface area contributed by atoms with Crippen molar-refractivity contribution in [1.82, 2.24) is 10.6 Å². The van der Waals surface area contributed by atoms with E-state index in [-0.39, 0.29) is 6.42 Å². The van der Waals surface area contributed by atoms with Crippen molar-refractivity contribution >= 4 is 17.8 Å². The SMILES string of the molecule is CCCCCCCCCCCCC1(C(N)=O)NC(=O)NC1=O. The fraction of sp³-hybridized carbons (Fsp3) is 0.812. The molecule has 1 aliphatic rings. The number of rotatable bonds is 12. The lowest BCUT2D eigenvalue weighted by atomic mass is 9.91. The van der Waals surface area contributed by atoms with Crippen molar-refractivity contribution in [2.45, 2.75) is 83.1 Å². The number of imide groups is 1. The van der Waals surface area contributed by atoms with Crippen LogP contribution < -0.4 is 16.4 Å². The van der Waals surface area contributed by atoms with Crippen LogP contribution in [0, 0.1) is 0 Å². The molecule has 0 aromatic carbocycles. The molecule has 1 saturated heterocycles. The number of carbonyl (C=O) groups excluding carboxylic acids is 3. The Morgan fingerprint density at radius 2 is 1.45 bits per heavy atom. The molecule has 0 saturated carbocycles. The second-order valence-corrected chi connectivity index (χ2v) is 6.11. The van der Waals surface area contributed by atoms with Crippen molar-refractivity contribution in [1.29, 1.82) is 0 Å². The maximum atomic E-state index is 11.7. The summed E-state index contributed by atoms with van der Waals surface area (Å²) in [5, 5.41) is 4.46. The highest BCUT2D eigenvalue weighted by Gasteiger charge is 2.50. The largest absolute Gasteiger partial charge is 0.367 e. The number of amides is 4. The Kier molecular flexibility index (Phi) is 7.91. The van der Waals surface area contributed by atoms with Crippen LogP contribution >= 0.6 is 0 Å². The third-order valence-electron chi connectivity index (χ3n) is 4.27. The molecular weight excluding hydrogens is 282 g/mol. The van der Waals surface area contributed by atoms with Crippen LogP contribution in [0.2, 0.25) is 0 Å². The molecule has 0 aromatic heterocycles. The van der Waals surface area contributed by atoms with E-state index < -0.39 is 23.4 Å². The van der Waals surface area contributed by atoms with Crippen molar-refractivity contribution < 1.29 is 14.4 Å². The highest BCUT2D eigenvalue weighted by Crippen LogP contribution is 2.20. The van der Waals surface area contributed by atoms with E-state index in [0.29, 0.717) is 6.42 Å². The summed E-state index contributed by atoms with van der Waals surface area (Å²) in [6.07, 6.45) is 11.9. The Bertz CT molecular complexity index is 398. The Balaban J connectivity index is 2.14. The standard InChI is InChI=1S/C16H29N3O3/c1-2-3-4-5-6-7-8-9-10-11-12-16(13(17)20)14(21)18-15(22)19-16/h2-12H2,1H3,(H2,17,20)(H2,18,19,21,22). The third kappa shape index (κ3) is 5.31. The van der Waals surface area contributed by atoms with Crippen molar-refractivity contribution in [3.63, 3.8) is 0 Å². The van der Waals surface area contributed by atoms with Crippen LogP contribution in [0.5, 0.6) is 0 Å². The summed E-state index contributed by atoms with van der Waals surface area (Å²) in [6, 6.07) is -0.643. The number of nitrogens with one attached hydrogen (secondary N) is 2. The molecule has 1 heterocycles. The van der Waals surface area contributed by atoms with Gasteiger partial charge in [0, 0.05) is 0 Å². The number of hydrogen-bond donors (Lipinski definition) is 3. The molecule has 0 aromatic rings. The quantitative estimate of drug-likeness (QED) is 0.293. The van der Waals surface area contributed by atoms with Crippen molar-refractivity contribution in [3.8, 4) is 0 Å². The van der Waals surface area contributed by atoms with E-state index in [4.69, 9.17) is 5.73 Å². The van der Waals surface area contributed by atoms with Gasteiger partial charge in [0.15, 0.2) is 5.54 Å². The number of hydrogen-bond acceptors (Lipinski definition) is 3. The molecule has 0 radical (unpaired) electrons. The Morgan fingerprint density at radius 3 is 1.86 bits per heavy atom. The molecule has 6 heteroatoms. The minimum Gasteiger partial charge on any atom is -0.367 e. The number of primary amides is 1. The average molecular weight is 311 g/mol. The van der Waals surface area contributed by atoms with Gasteiger partial charge >= 0.3 is 6.03 Å². The van der Waals surface area contributed by atoms with Gasteiger partial charge in [-0.05, 0) is 6.42 Å². The molecule has 1 unspecified atom stereocenters. The van der Waals surface area contributed by atoms with Crippen LogP contribution in [0.25, 0.3) is 0 Å². The topological polar surface area (TPSA) is 101 Å². The lowest BCUT2D eigenvalue weighted by molar-refractivity contribution is -0.134. The molecule has 0 aliphatic carbocycles. The van der Waals surface area contributed by atoms with Gasteiger partial charge in [-0.2, -0.15) is 0 Å². The van der Waals surface area contributed by atoms with Crippen LogP contribution in [0.3, 0.4) is 0 Å². The van der Waals surface area contributed by atoms with E-state index in [0.717, 1.165) is 12.8 Å². The molecule has 1 rings (SSSR count). The fourth-order valence-electron chi connectivity index (χ4n) is 2.84. The summed E-state index contributed by atoms with van der Waals surface area (Å²) in [5.74, 6) is -1.41. The lowest BCUT2D eigenvalue weighted by Crippen LogP contribution is -2.57. The Labute approximate surface area is 132 Å². The van der Waals surface area contributed by atoms with Gasteiger partial charge in [0.1, 0.15) is 0 Å². The van der Waals surface area contributed by atoms with Gasteiger partial charge in [0.25, 0.3) is 11.8 Å². The average Bonchev–Trinajstić information content (AvgIpc) is 2.76. The summed E-state index contributed by atoms with van der Waals surface area (Å²) in [6.45, 7) is 2.21. The van der Waals surface area contributed by atoms with Gasteiger partial charge < -0.3 is 11.1 Å². The Hall–Kier alpha value is -1.59. The smallest absolute Gasteiger partial charge is 0.322 e. The summed E-state index contributed by atoms with van der Waals surface area (Å²) in [7, 11) is 0. The predicted molar refractivity (Wildman–Crippen MR) is 85.1 cm³/mol. The first kappa shape index (κ1) is 18.5. The number of carbonyl (C=O) groups is 3. The maximum Gasteiger partial charge on any atom is 0.322 e. The molecule has 22 heavy (non-hydrogen) atoms. The van der Waals surface area contributed by atoms with E-state index in [2.05, 4.69) is 17.6 Å². The van der Waals surface area contributed by atoms with Gasteiger partial charge in [-0.3, -0.25) is 14.9 Å². The minimum atomic E-state index is -1.54. The molecule has 4 N–H and O–H groups in total. The van der Waals surface area contributed by atoms with Gasteiger partial charge in [-0.15, -0.1) is 0 Å². The lowest BCUT2D eigenvalue weighted by Gasteiger charge is -2.21. The van der Waals surface area contributed by atoms with E-state index in [1.807, 2.05) is 0 Å². The Morgan fingerprint density at radius 1 is 0.955 bits per heavy atom. The zero-order valence-corrected chi connectivity index (χ0v) is 13.6. The molecule has 1 atom stereocenters. The third-order valence-corrected chi connectivity index (χ3v) is 4.27. The van der Waals surface area contributed by atoms with Crippen LogP contribution in [0.15, 0.2) is 0 Å². The van der Waals surface area contributed by atoms with E-state index in [1.54, 1.807) is 0 Å². The summed E-state index contributed by atoms with van der Waals surface area (Å²) >= 11 is 0. The molecule has 1 aliphatic heterocycles. The first-order chi connectivity index (χ1) is 10.5. The summed E-state index contributed by atoms with van der Waals surface area (Å²) in [5.41, 5.74) is 3.75. The van der Waals surface area contributed by atoms with Crippen molar-refractivity contribution in [2.75, 3.05) is 0 Å². The summed E-state index contributed by atoms with van der Waals surface area (Å²) in [4.78, 5) is 34.5. The summed E-state index contributed by atoms with van der Waals surface area (Å²) < 4.78 is 0. The molecular formula is C16H29N3O3. The normalized spacial score (nSPS) is 20.8. The van der Waals surface area contributed by atoms with E-state index in [1.165, 1.54) is 44.9 Å². The maximum absolute atomic E-state index is 11.7. The molecule has 0 bridgehead atoms. The minimum absolute atomic E-state index is 0.274. The zero-order chi connectivity index (χ0) is 16.4. The van der Waals surface area contributed by atoms with Crippen LogP contribution in [-0.2, 0) is 9.59 Å². The zero-order valence-electron chi connectivity index (χ0n) is 13.6. The molecule has 0 spiro atoms. The monoisotopic (exact) mass is 311 g/mol. The highest BCUT2D eigenvalue weighted by atomic mass is 16.2. The molecule has 6 nitrogen and oxygen atoms in total.